The summed E-state index contributed by atoms with van der Waals surface area (Å²) in [6.45, 7) is 1.35. The summed E-state index contributed by atoms with van der Waals surface area (Å²) in [5, 5.41) is 3.94. The van der Waals surface area contributed by atoms with E-state index in [4.69, 9.17) is 34.8 Å². The second-order valence-corrected chi connectivity index (χ2v) is 11.1. The minimum absolute atomic E-state index is 0.0185. The van der Waals surface area contributed by atoms with Crippen molar-refractivity contribution in [3.63, 3.8) is 0 Å². The Hall–Kier alpha value is -2.09. The van der Waals surface area contributed by atoms with E-state index < -0.39 is 15.9 Å². The second kappa shape index (κ2) is 12.0. The zero-order chi connectivity index (χ0) is 24.7. The highest BCUT2D eigenvalue weighted by molar-refractivity contribution is 7.89. The van der Waals surface area contributed by atoms with Crippen molar-refractivity contribution in [1.82, 2.24) is 9.62 Å². The lowest BCUT2D eigenvalue weighted by Crippen LogP contribution is -2.43. The standard InChI is InChI=1S/C25H25Cl3N2O3S/c1-18(10-11-19-6-3-2-4-7-19)29-25(31)17-30(16-22-23(27)8-5-9-24(22)28)34(32,33)21-14-12-20(26)13-15-21/h2-9,12-15,18H,10-11,16-17H2,1H3,(H,29,31)/t18-/m0/s1. The van der Waals surface area contributed by atoms with Crippen molar-refractivity contribution in [1.29, 1.82) is 0 Å². The van der Waals surface area contributed by atoms with Crippen LogP contribution in [0.25, 0.3) is 0 Å². The quantitative estimate of drug-likeness (QED) is 0.345. The van der Waals surface area contributed by atoms with Crippen LogP contribution in [0.3, 0.4) is 0 Å². The van der Waals surface area contributed by atoms with Gasteiger partial charge in [-0.25, -0.2) is 8.42 Å². The van der Waals surface area contributed by atoms with Crippen molar-refractivity contribution in [2.75, 3.05) is 6.54 Å². The molecule has 0 saturated heterocycles. The molecule has 3 rings (SSSR count). The summed E-state index contributed by atoms with van der Waals surface area (Å²) in [5.41, 5.74) is 1.59. The van der Waals surface area contributed by atoms with Gasteiger partial charge in [0.2, 0.25) is 15.9 Å². The number of sulfonamides is 1. The molecule has 0 fully saturated rings. The first-order chi connectivity index (χ1) is 16.2. The van der Waals surface area contributed by atoms with E-state index in [2.05, 4.69) is 5.32 Å². The smallest absolute Gasteiger partial charge is 0.243 e. The molecular weight excluding hydrogens is 515 g/mol. The maximum absolute atomic E-state index is 13.4. The van der Waals surface area contributed by atoms with Crippen LogP contribution in [0, 0.1) is 0 Å². The van der Waals surface area contributed by atoms with E-state index >= 15 is 0 Å². The molecule has 3 aromatic carbocycles. The van der Waals surface area contributed by atoms with Crippen molar-refractivity contribution in [3.05, 3.63) is 99.0 Å². The first kappa shape index (κ1) is 26.5. The minimum Gasteiger partial charge on any atom is -0.352 e. The maximum atomic E-state index is 13.4. The fourth-order valence-corrected chi connectivity index (χ4v) is 5.43. The van der Waals surface area contributed by atoms with E-state index in [0.29, 0.717) is 20.6 Å². The van der Waals surface area contributed by atoms with Gasteiger partial charge in [-0.05, 0) is 61.7 Å². The number of benzene rings is 3. The number of nitrogens with zero attached hydrogens (tertiary/aromatic N) is 1. The fraction of sp³-hybridized carbons (Fsp3) is 0.240. The van der Waals surface area contributed by atoms with Gasteiger partial charge in [0.05, 0.1) is 11.4 Å². The van der Waals surface area contributed by atoms with Gasteiger partial charge in [-0.3, -0.25) is 4.79 Å². The third kappa shape index (κ3) is 7.20. The molecule has 0 radical (unpaired) electrons. The summed E-state index contributed by atoms with van der Waals surface area (Å²) in [4.78, 5) is 12.9. The molecule has 1 atom stereocenters. The van der Waals surface area contributed by atoms with Crippen LogP contribution in [0.2, 0.25) is 15.1 Å². The van der Waals surface area contributed by atoms with Crippen LogP contribution in [0.4, 0.5) is 0 Å². The molecule has 0 heterocycles. The van der Waals surface area contributed by atoms with E-state index in [-0.39, 0.29) is 24.0 Å². The number of hydrogen-bond donors (Lipinski definition) is 1. The Morgan fingerprint density at radius 2 is 1.53 bits per heavy atom. The molecule has 0 aliphatic carbocycles. The van der Waals surface area contributed by atoms with Crippen molar-refractivity contribution in [2.45, 2.75) is 37.2 Å². The number of hydrogen-bond acceptors (Lipinski definition) is 3. The van der Waals surface area contributed by atoms with Crippen LogP contribution in [-0.4, -0.2) is 31.2 Å². The van der Waals surface area contributed by atoms with Gasteiger partial charge in [-0.2, -0.15) is 4.31 Å². The minimum atomic E-state index is -4.04. The molecule has 0 aromatic heterocycles. The molecule has 5 nitrogen and oxygen atoms in total. The fourth-order valence-electron chi connectivity index (χ4n) is 3.42. The largest absolute Gasteiger partial charge is 0.352 e. The lowest BCUT2D eigenvalue weighted by atomic mass is 10.1. The summed E-state index contributed by atoms with van der Waals surface area (Å²) < 4.78 is 27.9. The summed E-state index contributed by atoms with van der Waals surface area (Å²) in [7, 11) is -4.04. The first-order valence-electron chi connectivity index (χ1n) is 10.7. The molecule has 3 aromatic rings. The van der Waals surface area contributed by atoms with Crippen molar-refractivity contribution in [2.24, 2.45) is 0 Å². The Kier molecular flexibility index (Phi) is 9.39. The SMILES string of the molecule is C[C@@H](CCc1ccccc1)NC(=O)CN(Cc1c(Cl)cccc1Cl)S(=O)(=O)c1ccc(Cl)cc1. The Morgan fingerprint density at radius 3 is 2.15 bits per heavy atom. The highest BCUT2D eigenvalue weighted by Crippen LogP contribution is 2.28. The lowest BCUT2D eigenvalue weighted by molar-refractivity contribution is -0.122. The molecule has 0 spiro atoms. The number of aryl methyl sites for hydroxylation is 1. The van der Waals surface area contributed by atoms with Crippen molar-refractivity contribution < 1.29 is 13.2 Å². The number of carbonyl (C=O) groups excluding carboxylic acids is 1. The van der Waals surface area contributed by atoms with E-state index in [1.165, 1.54) is 29.8 Å². The molecule has 0 bridgehead atoms. The van der Waals surface area contributed by atoms with Crippen LogP contribution in [0.15, 0.2) is 77.7 Å². The number of rotatable bonds is 10. The van der Waals surface area contributed by atoms with E-state index in [1.54, 1.807) is 18.2 Å². The molecule has 0 aliphatic heterocycles. The molecule has 0 unspecified atom stereocenters. The Morgan fingerprint density at radius 1 is 0.912 bits per heavy atom. The highest BCUT2D eigenvalue weighted by atomic mass is 35.5. The van der Waals surface area contributed by atoms with Crippen LogP contribution in [0.5, 0.6) is 0 Å². The second-order valence-electron chi connectivity index (χ2n) is 7.92. The normalized spacial score (nSPS) is 12.5. The van der Waals surface area contributed by atoms with Gasteiger partial charge >= 0.3 is 0 Å². The Bertz CT molecular complexity index is 1200. The number of nitrogens with one attached hydrogen (secondary N) is 1. The van der Waals surface area contributed by atoms with Gasteiger partial charge in [0.15, 0.2) is 0 Å². The Labute approximate surface area is 215 Å². The molecule has 9 heteroatoms. The highest BCUT2D eigenvalue weighted by Gasteiger charge is 2.28. The summed E-state index contributed by atoms with van der Waals surface area (Å²) in [6.07, 6.45) is 1.51. The van der Waals surface area contributed by atoms with Gasteiger partial charge in [0, 0.05) is 33.2 Å². The third-order valence-corrected chi connectivity index (χ3v) is 8.05. The van der Waals surface area contributed by atoms with Crippen LogP contribution >= 0.6 is 34.8 Å². The van der Waals surface area contributed by atoms with Crippen LogP contribution in [0.1, 0.15) is 24.5 Å². The van der Waals surface area contributed by atoms with Gasteiger partial charge in [-0.1, -0.05) is 71.2 Å². The molecule has 180 valence electrons. The first-order valence-corrected chi connectivity index (χ1v) is 13.3. The van der Waals surface area contributed by atoms with Gasteiger partial charge in [0.1, 0.15) is 0 Å². The molecule has 1 amide bonds. The summed E-state index contributed by atoms with van der Waals surface area (Å²) in [6, 6.07) is 20.5. The third-order valence-electron chi connectivity index (χ3n) is 5.28. The number of halogens is 3. The van der Waals surface area contributed by atoms with E-state index in [1.807, 2.05) is 37.3 Å². The molecule has 0 aliphatic rings. The zero-order valence-corrected chi connectivity index (χ0v) is 21.6. The average Bonchev–Trinajstić information content (AvgIpc) is 2.80. The number of carbonyl (C=O) groups is 1. The monoisotopic (exact) mass is 538 g/mol. The van der Waals surface area contributed by atoms with Crippen LogP contribution < -0.4 is 5.32 Å². The van der Waals surface area contributed by atoms with Gasteiger partial charge in [-0.15, -0.1) is 0 Å². The molecule has 1 N–H and O–H groups in total. The van der Waals surface area contributed by atoms with Crippen LogP contribution in [-0.2, 0) is 27.8 Å². The molecule has 0 saturated carbocycles. The topological polar surface area (TPSA) is 66.5 Å². The van der Waals surface area contributed by atoms with Crippen molar-refractivity contribution >= 4 is 50.7 Å². The van der Waals surface area contributed by atoms with E-state index in [0.717, 1.165) is 17.1 Å². The molecule has 34 heavy (non-hydrogen) atoms. The average molecular weight is 540 g/mol. The lowest BCUT2D eigenvalue weighted by Gasteiger charge is -2.24. The summed E-state index contributed by atoms with van der Waals surface area (Å²) in [5.74, 6) is -0.415. The predicted octanol–water partition coefficient (Wildman–Crippen LogP) is 5.98. The van der Waals surface area contributed by atoms with Crippen molar-refractivity contribution in [3.8, 4) is 0 Å². The predicted molar refractivity (Wildman–Crippen MR) is 138 cm³/mol. The van der Waals surface area contributed by atoms with Gasteiger partial charge in [0.25, 0.3) is 0 Å². The van der Waals surface area contributed by atoms with Gasteiger partial charge < -0.3 is 5.32 Å². The zero-order valence-electron chi connectivity index (χ0n) is 18.5. The molecular formula is C25H25Cl3N2O3S. The van der Waals surface area contributed by atoms with E-state index in [9.17, 15) is 13.2 Å². The maximum Gasteiger partial charge on any atom is 0.243 e. The Balaban J connectivity index is 1.77. The number of amides is 1. The summed E-state index contributed by atoms with van der Waals surface area (Å²) >= 11 is 18.5.